The Kier molecular flexibility index (Phi) is 8.58. The molecule has 3 aromatic rings. The van der Waals surface area contributed by atoms with Crippen molar-refractivity contribution in [1.29, 1.82) is 0 Å². The van der Waals surface area contributed by atoms with E-state index < -0.39 is 34.6 Å². The molecule has 0 radical (unpaired) electrons. The summed E-state index contributed by atoms with van der Waals surface area (Å²) >= 11 is 6.35. The Morgan fingerprint density at radius 3 is 2.51 bits per heavy atom. The van der Waals surface area contributed by atoms with Gasteiger partial charge in [-0.05, 0) is 62.4 Å². The third kappa shape index (κ3) is 6.18. The highest BCUT2D eigenvalue weighted by atomic mass is 35.5. The number of methoxy groups -OCH3 is 1. The van der Waals surface area contributed by atoms with E-state index in [2.05, 4.69) is 16.8 Å². The predicted molar refractivity (Wildman–Crippen MR) is 135 cm³/mol. The molecule has 1 atom stereocenters. The molecule has 37 heavy (non-hydrogen) atoms. The van der Waals surface area contributed by atoms with Crippen molar-refractivity contribution in [1.82, 2.24) is 9.88 Å². The second-order valence-electron chi connectivity index (χ2n) is 9.39. The smallest absolute Gasteiger partial charge is 0.144 e. The Morgan fingerprint density at radius 1 is 1.16 bits per heavy atom. The van der Waals surface area contributed by atoms with E-state index in [4.69, 9.17) is 16.3 Å². The van der Waals surface area contributed by atoms with Gasteiger partial charge in [0.25, 0.3) is 0 Å². The van der Waals surface area contributed by atoms with Crippen LogP contribution >= 0.6 is 11.6 Å². The number of ether oxygens (including phenoxy) is 1. The van der Waals surface area contributed by atoms with Gasteiger partial charge in [0.15, 0.2) is 0 Å². The Bertz CT molecular complexity index is 1310. The zero-order valence-corrected chi connectivity index (χ0v) is 21.1. The number of aliphatic hydroxyl groups excluding tert-OH is 1. The Morgan fingerprint density at radius 2 is 1.86 bits per heavy atom. The lowest BCUT2D eigenvalue weighted by Crippen LogP contribution is -2.42. The minimum atomic E-state index is -1.35. The molecule has 1 aliphatic heterocycles. The maximum atomic E-state index is 15.6. The number of nitrogens with zero attached hydrogens (tertiary/aromatic N) is 2. The SMILES string of the molecule is COc1ccc2ncc(Cl)c([C@H](F)CCC3(CO)CCN(CC#Cc4c(F)cc(F)cc4F)CC3)c2c1. The highest BCUT2D eigenvalue weighted by Crippen LogP contribution is 2.41. The van der Waals surface area contributed by atoms with Gasteiger partial charge in [0, 0.05) is 35.9 Å². The quantitative estimate of drug-likeness (QED) is 0.288. The van der Waals surface area contributed by atoms with Crippen molar-refractivity contribution in [2.75, 3.05) is 33.4 Å². The molecular formula is C28H27ClF4N2O2. The van der Waals surface area contributed by atoms with Crippen molar-refractivity contribution in [2.45, 2.75) is 31.9 Å². The summed E-state index contributed by atoms with van der Waals surface area (Å²) in [5.41, 5.74) is 0.0781. The second-order valence-corrected chi connectivity index (χ2v) is 9.80. The van der Waals surface area contributed by atoms with Crippen LogP contribution in [-0.4, -0.2) is 48.3 Å². The Hall–Kier alpha value is -2.86. The fraction of sp³-hybridized carbons (Fsp3) is 0.393. The summed E-state index contributed by atoms with van der Waals surface area (Å²) in [6.07, 6.45) is 1.98. The molecule has 0 unspecified atom stereocenters. The highest BCUT2D eigenvalue weighted by Gasteiger charge is 2.35. The standard InChI is InChI=1S/C28H27ClF4N2O2/c1-37-19-4-5-26-21(15-19)27(22(29)16-34-26)23(31)6-7-28(17-36)8-11-35(12-9-28)10-2-3-20-24(32)13-18(30)14-25(20)33/h4-5,13-16,23,36H,6-12,17H2,1H3/t23-/m1/s1. The first kappa shape index (κ1) is 27.2. The van der Waals surface area contributed by atoms with Crippen molar-refractivity contribution >= 4 is 22.5 Å². The summed E-state index contributed by atoms with van der Waals surface area (Å²) < 4.78 is 61.5. The molecule has 1 aliphatic rings. The van der Waals surface area contributed by atoms with Crippen LogP contribution in [0, 0.1) is 34.7 Å². The van der Waals surface area contributed by atoms with Crippen LogP contribution in [0.25, 0.3) is 10.9 Å². The predicted octanol–water partition coefficient (Wildman–Crippen LogP) is 6.23. The van der Waals surface area contributed by atoms with E-state index in [9.17, 15) is 18.3 Å². The van der Waals surface area contributed by atoms with Crippen molar-refractivity contribution in [3.8, 4) is 17.6 Å². The van der Waals surface area contributed by atoms with Crippen LogP contribution in [0.1, 0.15) is 43.0 Å². The van der Waals surface area contributed by atoms with Gasteiger partial charge in [-0.3, -0.25) is 9.88 Å². The molecule has 2 heterocycles. The van der Waals surface area contributed by atoms with Crippen molar-refractivity contribution in [3.05, 3.63) is 70.1 Å². The van der Waals surface area contributed by atoms with Crippen LogP contribution in [-0.2, 0) is 0 Å². The number of piperidine rings is 1. The number of hydrogen-bond acceptors (Lipinski definition) is 4. The normalized spacial score (nSPS) is 16.3. The lowest BCUT2D eigenvalue weighted by molar-refractivity contribution is 0.0344. The number of aromatic nitrogens is 1. The second kappa shape index (κ2) is 11.7. The van der Waals surface area contributed by atoms with Gasteiger partial charge in [-0.1, -0.05) is 23.4 Å². The van der Waals surface area contributed by atoms with Crippen molar-refractivity contribution < 1.29 is 27.4 Å². The van der Waals surface area contributed by atoms with Gasteiger partial charge in [0.2, 0.25) is 0 Å². The summed E-state index contributed by atoms with van der Waals surface area (Å²) in [7, 11) is 1.54. The number of halogens is 5. The number of rotatable bonds is 7. The van der Waals surface area contributed by atoms with Crippen LogP contribution in [0.4, 0.5) is 17.6 Å². The lowest BCUT2D eigenvalue weighted by Gasteiger charge is -2.40. The lowest BCUT2D eigenvalue weighted by atomic mass is 9.74. The highest BCUT2D eigenvalue weighted by molar-refractivity contribution is 6.32. The minimum absolute atomic E-state index is 0.0795. The zero-order chi connectivity index (χ0) is 26.6. The first-order chi connectivity index (χ1) is 17.7. The number of likely N-dealkylation sites (tertiary alicyclic amines) is 1. The molecule has 1 aromatic heterocycles. The van der Waals surface area contributed by atoms with Gasteiger partial charge >= 0.3 is 0 Å². The van der Waals surface area contributed by atoms with E-state index in [-0.39, 0.29) is 24.6 Å². The van der Waals surface area contributed by atoms with Crippen LogP contribution < -0.4 is 4.74 Å². The van der Waals surface area contributed by atoms with Gasteiger partial charge in [-0.2, -0.15) is 0 Å². The van der Waals surface area contributed by atoms with Gasteiger partial charge in [-0.15, -0.1) is 0 Å². The summed E-state index contributed by atoms with van der Waals surface area (Å²) in [6.45, 7) is 1.38. The van der Waals surface area contributed by atoms with Gasteiger partial charge < -0.3 is 9.84 Å². The van der Waals surface area contributed by atoms with Gasteiger partial charge in [0.05, 0.1) is 29.8 Å². The van der Waals surface area contributed by atoms with Crippen LogP contribution in [0.2, 0.25) is 5.02 Å². The van der Waals surface area contributed by atoms with Gasteiger partial charge in [0.1, 0.15) is 29.4 Å². The summed E-state index contributed by atoms with van der Waals surface area (Å²) in [6, 6.07) is 6.43. The first-order valence-electron chi connectivity index (χ1n) is 12.0. The fourth-order valence-electron chi connectivity index (χ4n) is 4.76. The number of pyridine rings is 1. The van der Waals surface area contributed by atoms with E-state index in [1.165, 1.54) is 13.3 Å². The Labute approximate surface area is 218 Å². The molecule has 0 saturated carbocycles. The Balaban J connectivity index is 1.38. The third-order valence-corrected chi connectivity index (χ3v) is 7.39. The number of hydrogen-bond donors (Lipinski definition) is 1. The van der Waals surface area contributed by atoms with Crippen LogP contribution in [0.3, 0.4) is 0 Å². The maximum Gasteiger partial charge on any atom is 0.144 e. The molecule has 1 fully saturated rings. The maximum absolute atomic E-state index is 15.6. The minimum Gasteiger partial charge on any atom is -0.497 e. The van der Waals surface area contributed by atoms with E-state index in [0.717, 1.165) is 0 Å². The summed E-state index contributed by atoms with van der Waals surface area (Å²) in [4.78, 5) is 6.28. The molecule has 0 aliphatic carbocycles. The molecule has 4 nitrogen and oxygen atoms in total. The number of fused-ring (bicyclic) bond motifs is 1. The molecule has 9 heteroatoms. The zero-order valence-electron chi connectivity index (χ0n) is 20.3. The van der Waals surface area contributed by atoms with E-state index >= 15 is 4.39 Å². The largest absolute Gasteiger partial charge is 0.497 e. The molecule has 196 valence electrons. The molecule has 0 amide bonds. The molecule has 2 aromatic carbocycles. The number of benzene rings is 2. The molecule has 0 bridgehead atoms. The molecule has 1 N–H and O–H groups in total. The van der Waals surface area contributed by atoms with Crippen molar-refractivity contribution in [2.24, 2.45) is 5.41 Å². The van der Waals surface area contributed by atoms with Crippen LogP contribution in [0.15, 0.2) is 36.5 Å². The fourth-order valence-corrected chi connectivity index (χ4v) is 5.03. The average molecular weight is 535 g/mol. The van der Waals surface area contributed by atoms with Crippen LogP contribution in [0.5, 0.6) is 5.75 Å². The topological polar surface area (TPSA) is 45.6 Å². The average Bonchev–Trinajstić information content (AvgIpc) is 2.89. The summed E-state index contributed by atoms with van der Waals surface area (Å²) in [5.74, 6) is 2.70. The third-order valence-electron chi connectivity index (χ3n) is 7.08. The molecular weight excluding hydrogens is 508 g/mol. The van der Waals surface area contributed by atoms with E-state index in [0.29, 0.717) is 66.7 Å². The van der Waals surface area contributed by atoms with E-state index in [1.54, 1.807) is 18.2 Å². The monoisotopic (exact) mass is 534 g/mol. The van der Waals surface area contributed by atoms with Gasteiger partial charge in [-0.25, -0.2) is 17.6 Å². The molecule has 0 spiro atoms. The number of alkyl halides is 1. The van der Waals surface area contributed by atoms with Crippen molar-refractivity contribution in [3.63, 3.8) is 0 Å². The number of aliphatic hydroxyl groups is 1. The van der Waals surface area contributed by atoms with E-state index in [1.807, 2.05) is 4.90 Å². The summed E-state index contributed by atoms with van der Waals surface area (Å²) in [5, 5.41) is 11.0. The molecule has 4 rings (SSSR count). The molecule has 1 saturated heterocycles. The first-order valence-corrected chi connectivity index (χ1v) is 12.4.